The van der Waals surface area contributed by atoms with Crippen LogP contribution in [0.1, 0.15) is 39.0 Å². The number of methoxy groups -OCH3 is 1. The van der Waals surface area contributed by atoms with Crippen LogP contribution in [0.5, 0.6) is 5.75 Å². The molecular weight excluding hydrogens is 402 g/mol. The van der Waals surface area contributed by atoms with Crippen LogP contribution in [0.3, 0.4) is 0 Å². The number of carbonyl (C=O) groups excluding carboxylic acids is 1. The lowest BCUT2D eigenvalue weighted by Gasteiger charge is -2.13. The average molecular weight is 422 g/mol. The van der Waals surface area contributed by atoms with Gasteiger partial charge in [-0.2, -0.15) is 5.43 Å². The number of rotatable bonds is 6. The zero-order chi connectivity index (χ0) is 18.8. The van der Waals surface area contributed by atoms with E-state index < -0.39 is 6.17 Å². The number of hydrazine groups is 1. The summed E-state index contributed by atoms with van der Waals surface area (Å²) in [5.74, 6) is 0.595. The molecule has 3 rings (SSSR count). The Morgan fingerprint density at radius 1 is 1.42 bits per heavy atom. The summed E-state index contributed by atoms with van der Waals surface area (Å²) in [5, 5.41) is 18.6. The van der Waals surface area contributed by atoms with Crippen LogP contribution in [0.15, 0.2) is 33.0 Å². The fourth-order valence-corrected chi connectivity index (χ4v) is 3.51. The first-order chi connectivity index (χ1) is 12.5. The van der Waals surface area contributed by atoms with Crippen molar-refractivity contribution >= 4 is 21.7 Å². The molecule has 26 heavy (non-hydrogen) atoms. The second kappa shape index (κ2) is 7.56. The van der Waals surface area contributed by atoms with E-state index in [1.165, 1.54) is 5.12 Å². The minimum absolute atomic E-state index is 0.0302. The molecule has 1 atom stereocenters. The van der Waals surface area contributed by atoms with Crippen LogP contribution in [0.25, 0.3) is 0 Å². The number of nitrogens with one attached hydrogen (secondary N) is 2. The molecule has 1 aromatic carbocycles. The molecule has 0 saturated carbocycles. The van der Waals surface area contributed by atoms with E-state index in [0.29, 0.717) is 23.4 Å². The van der Waals surface area contributed by atoms with E-state index in [4.69, 9.17) is 9.84 Å². The Hall–Kier alpha value is -2.23. The maximum Gasteiger partial charge on any atom is 0.195 e. The van der Waals surface area contributed by atoms with Gasteiger partial charge in [0.15, 0.2) is 11.9 Å². The minimum Gasteiger partial charge on any atom is -0.496 e. The van der Waals surface area contributed by atoms with E-state index in [1.54, 1.807) is 25.3 Å². The van der Waals surface area contributed by atoms with E-state index in [9.17, 15) is 4.79 Å². The van der Waals surface area contributed by atoms with E-state index in [-0.39, 0.29) is 12.4 Å². The summed E-state index contributed by atoms with van der Waals surface area (Å²) in [4.78, 5) is 16.3. The number of β-amino-alcohol motifs (C(OH)–C–C–N with tert-alkyl or cyclic N) is 1. The van der Waals surface area contributed by atoms with Crippen LogP contribution in [0.4, 0.5) is 0 Å². The number of aromatic nitrogens is 1. The highest BCUT2D eigenvalue weighted by molar-refractivity contribution is 9.10. The van der Waals surface area contributed by atoms with Crippen LogP contribution in [-0.4, -0.2) is 41.3 Å². The molecule has 9 heteroatoms. The molecule has 0 bridgehead atoms. The molecule has 0 spiro atoms. The maximum atomic E-state index is 13.0. The van der Waals surface area contributed by atoms with Crippen LogP contribution in [0.2, 0.25) is 0 Å². The van der Waals surface area contributed by atoms with Crippen molar-refractivity contribution in [3.63, 3.8) is 0 Å². The number of halogens is 1. The third-order valence-corrected chi connectivity index (χ3v) is 4.87. The summed E-state index contributed by atoms with van der Waals surface area (Å²) in [5.41, 5.74) is 6.62. The quantitative estimate of drug-likeness (QED) is 0.622. The molecule has 0 aliphatic carbocycles. The molecule has 1 unspecified atom stereocenters. The largest absolute Gasteiger partial charge is 0.496 e. The molecule has 1 aromatic heterocycles. The predicted octanol–water partition coefficient (Wildman–Crippen LogP) is 2.81. The Kier molecular flexibility index (Phi) is 5.40. The Bertz CT molecular complexity index is 864. The predicted molar refractivity (Wildman–Crippen MR) is 98.9 cm³/mol. The molecule has 0 fully saturated rings. The second-order valence-corrected chi connectivity index (χ2v) is 6.78. The normalized spacial score (nSPS) is 16.3. The number of hydrogen-bond donors (Lipinski definition) is 3. The average Bonchev–Trinajstić information content (AvgIpc) is 3.19. The summed E-state index contributed by atoms with van der Waals surface area (Å²) in [6.45, 7) is 4.05. The highest BCUT2D eigenvalue weighted by atomic mass is 79.9. The molecule has 0 saturated heterocycles. The van der Waals surface area contributed by atoms with Crippen LogP contribution in [0, 0.1) is 13.8 Å². The van der Waals surface area contributed by atoms with Gasteiger partial charge >= 0.3 is 0 Å². The van der Waals surface area contributed by atoms with Gasteiger partial charge in [-0.1, -0.05) is 5.22 Å². The number of aryl methyl sites for hydroxylation is 1. The van der Waals surface area contributed by atoms with Gasteiger partial charge in [-0.25, -0.2) is 5.12 Å². The monoisotopic (exact) mass is 421 g/mol. The van der Waals surface area contributed by atoms with Crippen LogP contribution >= 0.6 is 15.9 Å². The van der Waals surface area contributed by atoms with Gasteiger partial charge in [-0.05, 0) is 53.5 Å². The van der Waals surface area contributed by atoms with Crippen molar-refractivity contribution in [2.45, 2.75) is 20.0 Å². The third kappa shape index (κ3) is 3.37. The highest BCUT2D eigenvalue weighted by Gasteiger charge is 2.27. The Labute approximate surface area is 159 Å². The van der Waals surface area contributed by atoms with Crippen molar-refractivity contribution in [1.29, 1.82) is 0 Å². The number of nitrogens with zero attached hydrogens (tertiary/aromatic N) is 3. The van der Waals surface area contributed by atoms with Crippen molar-refractivity contribution in [2.24, 2.45) is 10.3 Å². The van der Waals surface area contributed by atoms with Gasteiger partial charge in [-0.15, -0.1) is 5.11 Å². The number of aliphatic hydroxyl groups is 1. The van der Waals surface area contributed by atoms with Gasteiger partial charge in [0.25, 0.3) is 0 Å². The summed E-state index contributed by atoms with van der Waals surface area (Å²) >= 11 is 3.42. The first-order valence-corrected chi connectivity index (χ1v) is 8.88. The smallest absolute Gasteiger partial charge is 0.195 e. The fraction of sp³-hybridized carbons (Fsp3) is 0.353. The van der Waals surface area contributed by atoms with E-state index in [1.807, 2.05) is 13.8 Å². The number of aliphatic hydroxyl groups excluding tert-OH is 1. The molecule has 8 nitrogen and oxygen atoms in total. The maximum absolute atomic E-state index is 13.0. The SMILES string of the molecule is COc1ccc(C(=O)c2c(C)[nH]c(C3N=NN(CCO)N3)c2C)cc1Br. The zero-order valence-corrected chi connectivity index (χ0v) is 16.3. The molecule has 2 heterocycles. The summed E-state index contributed by atoms with van der Waals surface area (Å²) in [7, 11) is 1.58. The first kappa shape index (κ1) is 18.6. The van der Waals surface area contributed by atoms with Gasteiger partial charge in [0, 0.05) is 16.8 Å². The van der Waals surface area contributed by atoms with E-state index in [0.717, 1.165) is 21.4 Å². The number of ether oxygens (including phenoxy) is 1. The van der Waals surface area contributed by atoms with E-state index in [2.05, 4.69) is 36.7 Å². The molecule has 0 radical (unpaired) electrons. The van der Waals surface area contributed by atoms with Crippen LogP contribution in [-0.2, 0) is 0 Å². The van der Waals surface area contributed by atoms with Gasteiger partial charge < -0.3 is 14.8 Å². The third-order valence-electron chi connectivity index (χ3n) is 4.25. The van der Waals surface area contributed by atoms with Crippen molar-refractivity contribution in [3.8, 4) is 5.75 Å². The number of ketones is 1. The number of aromatic amines is 1. The van der Waals surface area contributed by atoms with Gasteiger partial charge in [-0.3, -0.25) is 4.79 Å². The summed E-state index contributed by atoms with van der Waals surface area (Å²) < 4.78 is 5.94. The number of H-pyrrole nitrogens is 1. The van der Waals surface area contributed by atoms with Crippen LogP contribution < -0.4 is 10.2 Å². The number of hydrogen-bond acceptors (Lipinski definition) is 7. The highest BCUT2D eigenvalue weighted by Crippen LogP contribution is 2.31. The number of carbonyl (C=O) groups is 1. The molecule has 0 amide bonds. The summed E-state index contributed by atoms with van der Waals surface area (Å²) in [6.07, 6.45) is -0.413. The summed E-state index contributed by atoms with van der Waals surface area (Å²) in [6, 6.07) is 5.26. The topological polar surface area (TPSA) is 102 Å². The minimum atomic E-state index is -0.413. The lowest BCUT2D eigenvalue weighted by Crippen LogP contribution is -2.33. The lowest BCUT2D eigenvalue weighted by molar-refractivity contribution is 0.103. The van der Waals surface area contributed by atoms with Gasteiger partial charge in [0.1, 0.15) is 5.75 Å². The fourth-order valence-electron chi connectivity index (χ4n) is 2.97. The molecule has 138 valence electrons. The second-order valence-electron chi connectivity index (χ2n) is 5.93. The molecule has 1 aliphatic heterocycles. The zero-order valence-electron chi connectivity index (χ0n) is 14.7. The molecule has 2 aromatic rings. The molecular formula is C17H20BrN5O3. The van der Waals surface area contributed by atoms with Crippen molar-refractivity contribution < 1.29 is 14.6 Å². The standard InChI is InChI=1S/C17H20BrN5O3/c1-9-14(16(25)11-4-5-13(26-3)12(18)8-11)10(2)19-15(9)17-20-22-23(21-17)6-7-24/h4-5,8,17,19,21,24H,6-7H2,1-3H3. The van der Waals surface area contributed by atoms with Gasteiger partial charge in [0.05, 0.1) is 30.4 Å². The van der Waals surface area contributed by atoms with E-state index >= 15 is 0 Å². The number of benzene rings is 1. The van der Waals surface area contributed by atoms with Crippen molar-refractivity contribution in [1.82, 2.24) is 15.5 Å². The molecule has 1 aliphatic rings. The van der Waals surface area contributed by atoms with Crippen molar-refractivity contribution in [2.75, 3.05) is 20.3 Å². The molecule has 3 N–H and O–H groups in total. The first-order valence-electron chi connectivity index (χ1n) is 8.09. The Morgan fingerprint density at radius 3 is 2.85 bits per heavy atom. The Balaban J connectivity index is 1.90. The van der Waals surface area contributed by atoms with Crippen molar-refractivity contribution in [3.05, 3.63) is 50.8 Å². The Morgan fingerprint density at radius 2 is 2.19 bits per heavy atom. The van der Waals surface area contributed by atoms with Gasteiger partial charge in [0.2, 0.25) is 0 Å². The lowest BCUT2D eigenvalue weighted by atomic mass is 9.99.